The molecule has 0 bridgehead atoms. The zero-order valence-corrected chi connectivity index (χ0v) is 19.1. The molecule has 3 fully saturated rings. The van der Waals surface area contributed by atoms with Gasteiger partial charge in [0, 0.05) is 6.42 Å². The quantitative estimate of drug-likeness (QED) is 0.602. The van der Waals surface area contributed by atoms with Crippen molar-refractivity contribution in [1.29, 1.82) is 0 Å². The first-order valence-electron chi connectivity index (χ1n) is 10.1. The van der Waals surface area contributed by atoms with Gasteiger partial charge in [-0.1, -0.05) is 23.7 Å². The fourth-order valence-corrected chi connectivity index (χ4v) is 5.41. The number of fused-ring (bicyclic) bond motifs is 1. The number of rotatable bonds is 6. The largest absolute Gasteiger partial charge is 0.475 e. The summed E-state index contributed by atoms with van der Waals surface area (Å²) in [6, 6.07) is 4.23. The molecule has 11 heteroatoms. The molecule has 4 rings (SSSR count). The number of allylic oxidation sites excluding steroid dienone is 1. The molecule has 0 amide bonds. The van der Waals surface area contributed by atoms with Crippen LogP contribution in [0.4, 0.5) is 4.39 Å². The van der Waals surface area contributed by atoms with Gasteiger partial charge in [-0.15, -0.1) is 0 Å². The third kappa shape index (κ3) is 5.15. The highest BCUT2D eigenvalue weighted by Crippen LogP contribution is 2.57. The SMILES string of the molecule is C/C=C\N[C@@H]1OC(COP2(=O)OCCC(c3ccc(F)c(Cl)c3)O2)[C@H]2OC(C)(C)O[C@@H]12. The summed E-state index contributed by atoms with van der Waals surface area (Å²) >= 11 is 5.86. The van der Waals surface area contributed by atoms with E-state index in [2.05, 4.69) is 5.32 Å². The summed E-state index contributed by atoms with van der Waals surface area (Å²) in [5.74, 6) is -1.31. The molecule has 6 atom stereocenters. The molecule has 172 valence electrons. The Morgan fingerprint density at radius 3 is 2.87 bits per heavy atom. The second-order valence-corrected chi connectivity index (χ2v) is 9.99. The summed E-state index contributed by atoms with van der Waals surface area (Å²) in [6.45, 7) is 5.60. The molecule has 1 aromatic carbocycles. The molecule has 3 saturated heterocycles. The first kappa shape index (κ1) is 23.1. The fraction of sp³-hybridized carbons (Fsp3) is 0.600. The molecule has 3 aliphatic heterocycles. The first-order valence-corrected chi connectivity index (χ1v) is 11.9. The minimum absolute atomic E-state index is 0.0330. The number of benzene rings is 1. The van der Waals surface area contributed by atoms with Gasteiger partial charge in [0.2, 0.25) is 0 Å². The van der Waals surface area contributed by atoms with Crippen molar-refractivity contribution < 1.29 is 36.7 Å². The average molecular weight is 478 g/mol. The van der Waals surface area contributed by atoms with E-state index in [1.807, 2.05) is 26.8 Å². The van der Waals surface area contributed by atoms with Gasteiger partial charge in [-0.2, -0.15) is 0 Å². The Kier molecular flexibility index (Phi) is 6.77. The number of hydrogen-bond acceptors (Lipinski definition) is 8. The number of phosphoric acid groups is 1. The van der Waals surface area contributed by atoms with E-state index in [9.17, 15) is 8.96 Å². The van der Waals surface area contributed by atoms with Gasteiger partial charge in [0.1, 0.15) is 24.1 Å². The summed E-state index contributed by atoms with van der Waals surface area (Å²) < 4.78 is 61.0. The zero-order valence-electron chi connectivity index (χ0n) is 17.5. The van der Waals surface area contributed by atoms with E-state index in [1.165, 1.54) is 18.2 Å². The van der Waals surface area contributed by atoms with Gasteiger partial charge in [0.25, 0.3) is 0 Å². The van der Waals surface area contributed by atoms with Crippen LogP contribution < -0.4 is 5.32 Å². The van der Waals surface area contributed by atoms with E-state index >= 15 is 0 Å². The standard InChI is InChI=1S/C20H26ClFNO7P/c1-4-8-23-19-18-17(28-20(2,3)29-18)16(27-19)11-26-31(24)25-9-7-15(30-31)12-5-6-14(22)13(21)10-12/h4-6,8,10,15-19,23H,7,9,11H2,1-3H3/b8-4-/t15?,16?,17-,18-,19-,31?/m1/s1. The lowest BCUT2D eigenvalue weighted by atomic mass is 10.1. The molecular weight excluding hydrogens is 452 g/mol. The van der Waals surface area contributed by atoms with Gasteiger partial charge in [-0.3, -0.25) is 13.6 Å². The van der Waals surface area contributed by atoms with Crippen molar-refractivity contribution in [2.45, 2.75) is 63.6 Å². The predicted octanol–water partition coefficient (Wildman–Crippen LogP) is 4.45. The summed E-state index contributed by atoms with van der Waals surface area (Å²) in [5.41, 5.74) is 0.598. The Labute approximate surface area is 185 Å². The van der Waals surface area contributed by atoms with Crippen LogP contribution >= 0.6 is 19.4 Å². The maximum atomic E-state index is 13.5. The topological polar surface area (TPSA) is 84.5 Å². The maximum Gasteiger partial charge on any atom is 0.475 e. The van der Waals surface area contributed by atoms with Gasteiger partial charge in [-0.25, -0.2) is 8.96 Å². The Morgan fingerprint density at radius 1 is 1.35 bits per heavy atom. The van der Waals surface area contributed by atoms with Crippen LogP contribution in [-0.2, 0) is 32.3 Å². The Morgan fingerprint density at radius 2 is 2.13 bits per heavy atom. The molecule has 3 heterocycles. The van der Waals surface area contributed by atoms with Crippen LogP contribution in [-0.4, -0.2) is 43.5 Å². The summed E-state index contributed by atoms with van der Waals surface area (Å²) in [5, 5.41) is 3.09. The zero-order chi connectivity index (χ0) is 22.2. The van der Waals surface area contributed by atoms with Crippen LogP contribution in [0.1, 0.15) is 38.9 Å². The number of ether oxygens (including phenoxy) is 3. The van der Waals surface area contributed by atoms with Crippen molar-refractivity contribution in [3.63, 3.8) is 0 Å². The predicted molar refractivity (Wildman–Crippen MR) is 110 cm³/mol. The van der Waals surface area contributed by atoms with E-state index in [0.717, 1.165) is 0 Å². The van der Waals surface area contributed by atoms with Crippen LogP contribution in [0.25, 0.3) is 0 Å². The van der Waals surface area contributed by atoms with Crippen molar-refractivity contribution >= 4 is 19.4 Å². The number of halogens is 2. The van der Waals surface area contributed by atoms with Gasteiger partial charge in [0.15, 0.2) is 12.0 Å². The summed E-state index contributed by atoms with van der Waals surface area (Å²) in [6.07, 6.45) is 1.67. The van der Waals surface area contributed by atoms with Crippen molar-refractivity contribution in [1.82, 2.24) is 5.32 Å². The third-order valence-corrected chi connectivity index (χ3v) is 6.94. The van der Waals surface area contributed by atoms with Crippen molar-refractivity contribution in [3.8, 4) is 0 Å². The Hall–Kier alpha value is -1.03. The second kappa shape index (κ2) is 9.08. The van der Waals surface area contributed by atoms with Crippen LogP contribution in [0.5, 0.6) is 0 Å². The van der Waals surface area contributed by atoms with E-state index in [4.69, 9.17) is 39.4 Å². The van der Waals surface area contributed by atoms with Gasteiger partial charge < -0.3 is 19.5 Å². The van der Waals surface area contributed by atoms with E-state index < -0.39 is 44.0 Å². The fourth-order valence-electron chi connectivity index (χ4n) is 3.82. The molecule has 0 aliphatic carbocycles. The molecule has 0 aromatic heterocycles. The molecular formula is C20H26ClFNO7P. The molecule has 1 N–H and O–H groups in total. The molecule has 0 saturated carbocycles. The highest BCUT2D eigenvalue weighted by atomic mass is 35.5. The highest BCUT2D eigenvalue weighted by Gasteiger charge is 2.55. The maximum absolute atomic E-state index is 13.5. The summed E-state index contributed by atoms with van der Waals surface area (Å²) in [4.78, 5) is 0. The van der Waals surface area contributed by atoms with E-state index in [-0.39, 0.29) is 24.3 Å². The van der Waals surface area contributed by atoms with Crippen LogP contribution in [0.2, 0.25) is 5.02 Å². The monoisotopic (exact) mass is 477 g/mol. The lowest BCUT2D eigenvalue weighted by Gasteiger charge is -2.30. The smallest absolute Gasteiger partial charge is 0.364 e. The second-order valence-electron chi connectivity index (χ2n) is 7.96. The molecule has 0 radical (unpaired) electrons. The first-order chi connectivity index (χ1) is 14.7. The molecule has 3 unspecified atom stereocenters. The molecule has 31 heavy (non-hydrogen) atoms. The Balaban J connectivity index is 1.41. The number of nitrogens with one attached hydrogen (secondary N) is 1. The van der Waals surface area contributed by atoms with Crippen LogP contribution in [0, 0.1) is 5.82 Å². The molecule has 1 aromatic rings. The van der Waals surface area contributed by atoms with Crippen molar-refractivity contribution in [2.75, 3.05) is 13.2 Å². The number of hydrogen-bond donors (Lipinski definition) is 1. The van der Waals surface area contributed by atoms with Crippen molar-refractivity contribution in [3.05, 3.63) is 46.9 Å². The Bertz CT molecular complexity index is 885. The summed E-state index contributed by atoms with van der Waals surface area (Å²) in [7, 11) is -3.87. The highest BCUT2D eigenvalue weighted by molar-refractivity contribution is 7.48. The van der Waals surface area contributed by atoms with E-state index in [0.29, 0.717) is 12.0 Å². The van der Waals surface area contributed by atoms with E-state index in [1.54, 1.807) is 6.20 Å². The number of phosphoric ester groups is 1. The van der Waals surface area contributed by atoms with Crippen molar-refractivity contribution in [2.24, 2.45) is 0 Å². The normalized spacial score (nSPS) is 37.3. The minimum Gasteiger partial charge on any atom is -0.364 e. The molecule has 3 aliphatic rings. The van der Waals surface area contributed by atoms with Gasteiger partial charge in [0.05, 0.1) is 24.3 Å². The van der Waals surface area contributed by atoms with Gasteiger partial charge >= 0.3 is 7.82 Å². The van der Waals surface area contributed by atoms with Gasteiger partial charge in [-0.05, 0) is 44.7 Å². The lowest BCUT2D eigenvalue weighted by molar-refractivity contribution is -0.192. The van der Waals surface area contributed by atoms with Crippen LogP contribution in [0.3, 0.4) is 0 Å². The molecule has 0 spiro atoms. The lowest BCUT2D eigenvalue weighted by Crippen LogP contribution is -2.38. The average Bonchev–Trinajstić information content (AvgIpc) is 3.20. The molecule has 8 nitrogen and oxygen atoms in total. The third-order valence-electron chi connectivity index (χ3n) is 5.18. The minimum atomic E-state index is -3.87. The van der Waals surface area contributed by atoms with Crippen LogP contribution in [0.15, 0.2) is 30.5 Å².